The van der Waals surface area contributed by atoms with Crippen LogP contribution in [0.4, 0.5) is 0 Å². The SMILES string of the molecule is Cc1ccc(C(=O)NC[C@@H](c2cccs2)N2CCCCCC2)cc1. The van der Waals surface area contributed by atoms with Crippen LogP contribution in [-0.2, 0) is 0 Å². The third-order valence-electron chi connectivity index (χ3n) is 4.72. The number of hydrogen-bond donors (Lipinski definition) is 1. The fourth-order valence-corrected chi connectivity index (χ4v) is 4.15. The highest BCUT2D eigenvalue weighted by atomic mass is 32.1. The molecule has 2 aromatic rings. The van der Waals surface area contributed by atoms with Crippen molar-refractivity contribution in [2.75, 3.05) is 19.6 Å². The Hall–Kier alpha value is -1.65. The van der Waals surface area contributed by atoms with Crippen LogP contribution in [0.15, 0.2) is 41.8 Å². The van der Waals surface area contributed by atoms with E-state index in [-0.39, 0.29) is 11.9 Å². The summed E-state index contributed by atoms with van der Waals surface area (Å²) >= 11 is 1.79. The molecule has 3 rings (SSSR count). The van der Waals surface area contributed by atoms with Crippen molar-refractivity contribution in [2.24, 2.45) is 0 Å². The number of carbonyl (C=O) groups excluding carboxylic acids is 1. The molecule has 1 aromatic carbocycles. The number of amides is 1. The molecule has 1 atom stereocenters. The molecule has 2 heterocycles. The van der Waals surface area contributed by atoms with Crippen LogP contribution < -0.4 is 5.32 Å². The Morgan fingerprint density at radius 2 is 1.83 bits per heavy atom. The number of aryl methyl sites for hydroxylation is 1. The van der Waals surface area contributed by atoms with E-state index in [2.05, 4.69) is 27.7 Å². The molecule has 0 radical (unpaired) electrons. The van der Waals surface area contributed by atoms with Gasteiger partial charge in [-0.15, -0.1) is 11.3 Å². The topological polar surface area (TPSA) is 32.3 Å². The minimum Gasteiger partial charge on any atom is -0.350 e. The third kappa shape index (κ3) is 4.46. The van der Waals surface area contributed by atoms with Crippen molar-refractivity contribution in [2.45, 2.75) is 38.6 Å². The van der Waals surface area contributed by atoms with Crippen molar-refractivity contribution in [1.82, 2.24) is 10.2 Å². The standard InChI is InChI=1S/C20H26N2OS/c1-16-8-10-17(11-9-16)20(23)21-15-18(19-7-6-14-24-19)22-12-4-2-3-5-13-22/h6-11,14,18H,2-5,12-13,15H2,1H3,(H,21,23)/t18-/m0/s1. The summed E-state index contributed by atoms with van der Waals surface area (Å²) < 4.78 is 0. The van der Waals surface area contributed by atoms with Gasteiger partial charge in [-0.1, -0.05) is 36.6 Å². The Balaban J connectivity index is 1.67. The van der Waals surface area contributed by atoms with Crippen LogP contribution in [0.3, 0.4) is 0 Å². The molecule has 0 bridgehead atoms. The first-order valence-electron chi connectivity index (χ1n) is 8.86. The Morgan fingerprint density at radius 3 is 2.46 bits per heavy atom. The molecule has 1 fully saturated rings. The summed E-state index contributed by atoms with van der Waals surface area (Å²) in [6.07, 6.45) is 5.16. The monoisotopic (exact) mass is 342 g/mol. The average molecular weight is 343 g/mol. The molecule has 1 aromatic heterocycles. The van der Waals surface area contributed by atoms with Gasteiger partial charge in [0.15, 0.2) is 0 Å². The van der Waals surface area contributed by atoms with Crippen molar-refractivity contribution in [3.63, 3.8) is 0 Å². The maximum Gasteiger partial charge on any atom is 0.251 e. The summed E-state index contributed by atoms with van der Waals surface area (Å²) in [5.74, 6) is 0.0198. The van der Waals surface area contributed by atoms with Crippen molar-refractivity contribution in [1.29, 1.82) is 0 Å². The van der Waals surface area contributed by atoms with Crippen LogP contribution in [-0.4, -0.2) is 30.4 Å². The zero-order valence-corrected chi connectivity index (χ0v) is 15.1. The van der Waals surface area contributed by atoms with Crippen LogP contribution >= 0.6 is 11.3 Å². The highest BCUT2D eigenvalue weighted by Crippen LogP contribution is 2.27. The first kappa shape index (κ1) is 17.2. The highest BCUT2D eigenvalue weighted by Gasteiger charge is 2.23. The summed E-state index contributed by atoms with van der Waals surface area (Å²) in [5, 5.41) is 5.28. The van der Waals surface area contributed by atoms with E-state index in [0.717, 1.165) is 18.7 Å². The van der Waals surface area contributed by atoms with Gasteiger partial charge < -0.3 is 5.32 Å². The van der Waals surface area contributed by atoms with Crippen molar-refractivity contribution < 1.29 is 4.79 Å². The molecule has 1 amide bonds. The zero-order chi connectivity index (χ0) is 16.8. The minimum absolute atomic E-state index is 0.0198. The Morgan fingerprint density at radius 1 is 1.12 bits per heavy atom. The van der Waals surface area contributed by atoms with Crippen molar-refractivity contribution >= 4 is 17.2 Å². The zero-order valence-electron chi connectivity index (χ0n) is 14.3. The lowest BCUT2D eigenvalue weighted by Gasteiger charge is -2.30. The number of thiophene rings is 1. The molecular weight excluding hydrogens is 316 g/mol. The second-order valence-electron chi connectivity index (χ2n) is 6.56. The normalized spacial score (nSPS) is 17.2. The van der Waals surface area contributed by atoms with Gasteiger partial charge in [0, 0.05) is 17.0 Å². The predicted octanol–water partition coefficient (Wildman–Crippen LogP) is 4.40. The fourth-order valence-electron chi connectivity index (χ4n) is 3.29. The summed E-state index contributed by atoms with van der Waals surface area (Å²) in [6.45, 7) is 4.97. The third-order valence-corrected chi connectivity index (χ3v) is 5.70. The van der Waals surface area contributed by atoms with Crippen molar-refractivity contribution in [3.8, 4) is 0 Å². The van der Waals surface area contributed by atoms with Crippen LogP contribution in [0.25, 0.3) is 0 Å². The van der Waals surface area contributed by atoms with Gasteiger partial charge in [-0.25, -0.2) is 0 Å². The number of hydrogen-bond acceptors (Lipinski definition) is 3. The molecule has 3 nitrogen and oxygen atoms in total. The first-order valence-corrected chi connectivity index (χ1v) is 9.74. The van der Waals surface area contributed by atoms with Gasteiger partial charge in [0.05, 0.1) is 6.04 Å². The van der Waals surface area contributed by atoms with E-state index in [0.29, 0.717) is 6.54 Å². The van der Waals surface area contributed by atoms with E-state index in [9.17, 15) is 4.79 Å². The molecule has 1 N–H and O–H groups in total. The van der Waals surface area contributed by atoms with E-state index < -0.39 is 0 Å². The number of nitrogens with zero attached hydrogens (tertiary/aromatic N) is 1. The Kier molecular flexibility index (Phi) is 6.05. The molecule has 0 unspecified atom stereocenters. The number of nitrogens with one attached hydrogen (secondary N) is 1. The Bertz CT molecular complexity index is 628. The predicted molar refractivity (Wildman–Crippen MR) is 101 cm³/mol. The van der Waals surface area contributed by atoms with Crippen LogP contribution in [0.1, 0.15) is 52.5 Å². The van der Waals surface area contributed by atoms with Gasteiger partial charge in [-0.2, -0.15) is 0 Å². The second-order valence-corrected chi connectivity index (χ2v) is 7.54. The fraction of sp³-hybridized carbons (Fsp3) is 0.450. The van der Waals surface area contributed by atoms with E-state index >= 15 is 0 Å². The molecule has 128 valence electrons. The van der Waals surface area contributed by atoms with Crippen molar-refractivity contribution in [3.05, 3.63) is 57.8 Å². The quantitative estimate of drug-likeness (QED) is 0.873. The van der Waals surface area contributed by atoms with Gasteiger partial charge >= 0.3 is 0 Å². The van der Waals surface area contributed by atoms with E-state index in [4.69, 9.17) is 0 Å². The van der Waals surface area contributed by atoms with Crippen LogP contribution in [0, 0.1) is 6.92 Å². The number of carbonyl (C=O) groups is 1. The minimum atomic E-state index is 0.0198. The molecule has 24 heavy (non-hydrogen) atoms. The molecule has 4 heteroatoms. The number of benzene rings is 1. The Labute approximate surface area is 148 Å². The van der Waals surface area contributed by atoms with Gasteiger partial charge in [-0.3, -0.25) is 9.69 Å². The average Bonchev–Trinajstić information content (AvgIpc) is 2.98. The highest BCUT2D eigenvalue weighted by molar-refractivity contribution is 7.10. The van der Waals surface area contributed by atoms with Gasteiger partial charge in [-0.05, 0) is 56.4 Å². The molecule has 0 spiro atoms. The van der Waals surface area contributed by atoms with E-state index in [1.165, 1.54) is 36.1 Å². The molecule has 0 aliphatic carbocycles. The van der Waals surface area contributed by atoms with E-state index in [1.807, 2.05) is 31.2 Å². The first-order chi connectivity index (χ1) is 11.7. The molecular formula is C20H26N2OS. The lowest BCUT2D eigenvalue weighted by molar-refractivity contribution is 0.0934. The largest absolute Gasteiger partial charge is 0.350 e. The summed E-state index contributed by atoms with van der Waals surface area (Å²) in [4.78, 5) is 16.4. The summed E-state index contributed by atoms with van der Waals surface area (Å²) in [5.41, 5.74) is 1.91. The van der Waals surface area contributed by atoms with Gasteiger partial charge in [0.1, 0.15) is 0 Å². The number of rotatable bonds is 5. The van der Waals surface area contributed by atoms with Gasteiger partial charge in [0.25, 0.3) is 5.91 Å². The molecule has 1 aliphatic heterocycles. The van der Waals surface area contributed by atoms with E-state index in [1.54, 1.807) is 11.3 Å². The lowest BCUT2D eigenvalue weighted by atomic mass is 10.1. The summed E-state index contributed by atoms with van der Waals surface area (Å²) in [6, 6.07) is 12.4. The van der Waals surface area contributed by atoms with Crippen LogP contribution in [0.2, 0.25) is 0 Å². The second kappa shape index (κ2) is 8.45. The molecule has 1 saturated heterocycles. The van der Waals surface area contributed by atoms with Crippen LogP contribution in [0.5, 0.6) is 0 Å². The maximum atomic E-state index is 12.5. The smallest absolute Gasteiger partial charge is 0.251 e. The lowest BCUT2D eigenvalue weighted by Crippen LogP contribution is -2.38. The maximum absolute atomic E-state index is 12.5. The van der Waals surface area contributed by atoms with Gasteiger partial charge in [0.2, 0.25) is 0 Å². The summed E-state index contributed by atoms with van der Waals surface area (Å²) in [7, 11) is 0. The molecule has 1 aliphatic rings. The molecule has 0 saturated carbocycles. The number of likely N-dealkylation sites (tertiary alicyclic amines) is 1.